The molecule has 0 aliphatic heterocycles. The molecule has 4 nitrogen and oxygen atoms in total. The van der Waals surface area contributed by atoms with E-state index in [-0.39, 0.29) is 148 Å². The van der Waals surface area contributed by atoms with Gasteiger partial charge in [0.05, 0.1) is 10.3 Å². The van der Waals surface area contributed by atoms with Gasteiger partial charge in [-0.15, -0.1) is 0 Å². The zero-order valence-corrected chi connectivity index (χ0v) is 19.8. The number of rotatable bonds is 0. The van der Waals surface area contributed by atoms with Crippen molar-refractivity contribution in [2.75, 3.05) is 0 Å². The Hall–Kier alpha value is 3.48. The average Bonchev–Trinajstić information content (AvgIpc) is 1.77. The summed E-state index contributed by atoms with van der Waals surface area (Å²) in [4.78, 5) is 0. The Morgan fingerprint density at radius 1 is 0.700 bits per heavy atom. The van der Waals surface area contributed by atoms with Crippen molar-refractivity contribution >= 4 is 25.3 Å². The van der Waals surface area contributed by atoms with Crippen LogP contribution in [-0.2, 0) is 25.3 Å². The van der Waals surface area contributed by atoms with Crippen molar-refractivity contribution in [3.8, 4) is 0 Å². The molecule has 0 radical (unpaired) electrons. The van der Waals surface area contributed by atoms with Crippen LogP contribution >= 0.6 is 0 Å². The molecule has 0 aromatic carbocycles. The molecular weight excluding hydrogens is 410 g/mol. The molecule has 0 atom stereocenters. The molecule has 0 amide bonds. The first-order chi connectivity index (χ1) is 3.79. The molecule has 1 aromatic rings. The fourth-order valence-electron chi connectivity index (χ4n) is 0.211. The van der Waals surface area contributed by atoms with E-state index < -0.39 is 0 Å². The summed E-state index contributed by atoms with van der Waals surface area (Å²) in [6.07, 6.45) is 0. The second kappa shape index (κ2) is 9.06. The minimum atomic E-state index is 0. The van der Waals surface area contributed by atoms with Gasteiger partial charge in [0.15, 0.2) is 0 Å². The van der Waals surface area contributed by atoms with Gasteiger partial charge in [-0.1, -0.05) is 0 Å². The summed E-state index contributed by atoms with van der Waals surface area (Å²) in [6.45, 7) is 0. The first-order valence-electron chi connectivity index (χ1n) is 1.70. The van der Waals surface area contributed by atoms with Crippen molar-refractivity contribution in [1.82, 2.24) is 20.4 Å². The quantitative estimate of drug-likeness (QED) is 0.397. The monoisotopic (exact) mass is 410 g/mol. The van der Waals surface area contributed by atoms with Crippen LogP contribution in [0.1, 0.15) is 0 Å². The maximum Gasteiger partial charge on any atom is 1.00 e. The summed E-state index contributed by atoms with van der Waals surface area (Å²) in [5.41, 5.74) is 0. The maximum absolute atomic E-state index is 4.48. The van der Waals surface area contributed by atoms with Gasteiger partial charge in [-0.3, -0.25) is 0 Å². The number of hydrogen-bond acceptors (Lipinski definition) is 6. The Balaban J connectivity index is 0. The molecule has 1 rings (SSSR count). The van der Waals surface area contributed by atoms with Crippen LogP contribution in [0, 0.1) is 0 Å². The summed E-state index contributed by atoms with van der Waals surface area (Å²) in [5, 5.41) is 13.7. The van der Waals surface area contributed by atoms with Crippen LogP contribution in [0.2, 0.25) is 0 Å². The Morgan fingerprint density at radius 2 is 0.900 bits per heavy atom. The molecule has 1 heterocycles. The van der Waals surface area contributed by atoms with Crippen molar-refractivity contribution in [3.05, 3.63) is 0 Å². The van der Waals surface area contributed by atoms with Crippen molar-refractivity contribution in [3.63, 3.8) is 0 Å². The number of hydrogen-bond donors (Lipinski definition) is 0. The van der Waals surface area contributed by atoms with Crippen LogP contribution in [0.25, 0.3) is 0 Å². The van der Waals surface area contributed by atoms with Gasteiger partial charge < -0.3 is 25.3 Å². The van der Waals surface area contributed by atoms with Gasteiger partial charge in [-0.2, -0.15) is 20.4 Å². The van der Waals surface area contributed by atoms with Crippen LogP contribution in [0.15, 0.2) is 10.3 Å². The normalized spacial score (nSPS) is 7.20. The van der Waals surface area contributed by atoms with E-state index in [9.17, 15) is 0 Å². The second-order valence-corrected chi connectivity index (χ2v) is 1.70. The molecular formula is C2Cs2N4S2. The Morgan fingerprint density at radius 3 is 1.10 bits per heavy atom. The molecule has 0 spiro atoms. The smallest absolute Gasteiger partial charge is 0.736 e. The number of aromatic nitrogens is 4. The van der Waals surface area contributed by atoms with E-state index in [4.69, 9.17) is 0 Å². The summed E-state index contributed by atoms with van der Waals surface area (Å²) >= 11 is 8.96. The summed E-state index contributed by atoms with van der Waals surface area (Å²) in [6, 6.07) is 0. The zero-order valence-electron chi connectivity index (χ0n) is 5.61. The van der Waals surface area contributed by atoms with Gasteiger partial charge in [-0.05, 0) is 0 Å². The Kier molecular flexibility index (Phi) is 14.4. The van der Waals surface area contributed by atoms with Gasteiger partial charge in [0, 0.05) is 0 Å². The fraction of sp³-hybridized carbons (Fsp3) is 0. The Bertz CT molecular complexity index is 158. The first-order valence-corrected chi connectivity index (χ1v) is 2.52. The van der Waals surface area contributed by atoms with E-state index in [1.807, 2.05) is 0 Å². The molecule has 0 bridgehead atoms. The third-order valence-corrected chi connectivity index (χ3v) is 0.769. The SMILES string of the molecule is [Cs+].[Cs+].[S-]c1nnc([S-])nn1. The van der Waals surface area contributed by atoms with Crippen LogP contribution in [-0.4, -0.2) is 20.4 Å². The average molecular weight is 410 g/mol. The van der Waals surface area contributed by atoms with Crippen molar-refractivity contribution in [2.45, 2.75) is 10.3 Å². The van der Waals surface area contributed by atoms with Crippen LogP contribution in [0.3, 0.4) is 0 Å². The largest absolute Gasteiger partial charge is 1.00 e. The molecule has 0 saturated heterocycles. The van der Waals surface area contributed by atoms with Gasteiger partial charge >= 0.3 is 138 Å². The predicted octanol–water partition coefficient (Wildman–Crippen LogP) is -6.91. The molecule has 8 heteroatoms. The standard InChI is InChI=1S/C2H2N4S2.2Cs/c7-1-3-5-2(8)6-4-1;;/h(H,3,4,7)(H,5,6,8);;/q;2*+1/p-2. The predicted molar refractivity (Wildman–Crippen MR) is 28.9 cm³/mol. The minimum Gasteiger partial charge on any atom is -0.736 e. The van der Waals surface area contributed by atoms with Gasteiger partial charge in [0.1, 0.15) is 0 Å². The first kappa shape index (κ1) is 15.9. The van der Waals surface area contributed by atoms with E-state index in [0.29, 0.717) is 0 Å². The minimum absolute atomic E-state index is 0. The third kappa shape index (κ3) is 6.94. The van der Waals surface area contributed by atoms with Crippen molar-refractivity contribution in [2.24, 2.45) is 0 Å². The van der Waals surface area contributed by atoms with Crippen molar-refractivity contribution in [1.29, 1.82) is 0 Å². The van der Waals surface area contributed by atoms with E-state index in [2.05, 4.69) is 45.7 Å². The maximum atomic E-state index is 4.48. The molecule has 42 valence electrons. The van der Waals surface area contributed by atoms with Crippen LogP contribution < -0.4 is 138 Å². The van der Waals surface area contributed by atoms with Crippen molar-refractivity contribution < 1.29 is 138 Å². The summed E-state index contributed by atoms with van der Waals surface area (Å²) in [5.74, 6) is 0. The number of nitrogens with zero attached hydrogens (tertiary/aromatic N) is 4. The summed E-state index contributed by atoms with van der Waals surface area (Å²) < 4.78 is 0. The molecule has 0 aliphatic rings. The topological polar surface area (TPSA) is 51.6 Å². The molecule has 0 fully saturated rings. The van der Waals surface area contributed by atoms with Gasteiger partial charge in [0.2, 0.25) is 0 Å². The molecule has 0 N–H and O–H groups in total. The third-order valence-electron chi connectivity index (χ3n) is 0.442. The van der Waals surface area contributed by atoms with E-state index in [0.717, 1.165) is 0 Å². The Labute approximate surface area is 187 Å². The van der Waals surface area contributed by atoms with E-state index in [1.54, 1.807) is 0 Å². The van der Waals surface area contributed by atoms with E-state index >= 15 is 0 Å². The van der Waals surface area contributed by atoms with Gasteiger partial charge in [0.25, 0.3) is 0 Å². The molecule has 0 aliphatic carbocycles. The molecule has 10 heavy (non-hydrogen) atoms. The van der Waals surface area contributed by atoms with Gasteiger partial charge in [-0.25, -0.2) is 0 Å². The van der Waals surface area contributed by atoms with E-state index in [1.165, 1.54) is 0 Å². The molecule has 0 unspecified atom stereocenters. The van der Waals surface area contributed by atoms with Crippen LogP contribution in [0.4, 0.5) is 0 Å². The van der Waals surface area contributed by atoms with Crippen LogP contribution in [0.5, 0.6) is 0 Å². The fourth-order valence-corrected chi connectivity index (χ4v) is 0.374. The molecule has 0 saturated carbocycles. The molecule has 1 aromatic heterocycles. The second-order valence-electron chi connectivity index (χ2n) is 0.965. The summed E-state index contributed by atoms with van der Waals surface area (Å²) in [7, 11) is 0. The zero-order chi connectivity index (χ0) is 5.98.